The maximum Gasteiger partial charge on any atom is 0.234 e. The highest BCUT2D eigenvalue weighted by atomic mass is 32.1. The lowest BCUT2D eigenvalue weighted by atomic mass is 10.1. The van der Waals surface area contributed by atoms with Gasteiger partial charge in [0.05, 0.1) is 12.6 Å². The second-order valence-corrected chi connectivity index (χ2v) is 7.06. The van der Waals surface area contributed by atoms with Crippen molar-refractivity contribution in [3.63, 3.8) is 0 Å². The van der Waals surface area contributed by atoms with E-state index in [2.05, 4.69) is 10.6 Å². The van der Waals surface area contributed by atoms with Crippen LogP contribution in [-0.2, 0) is 4.79 Å². The third-order valence-electron chi connectivity index (χ3n) is 4.20. The van der Waals surface area contributed by atoms with Crippen molar-refractivity contribution in [3.8, 4) is 0 Å². The predicted octanol–water partition coefficient (Wildman–Crippen LogP) is 4.44. The molecule has 0 fully saturated rings. The molecule has 1 amide bonds. The summed E-state index contributed by atoms with van der Waals surface area (Å²) in [4.78, 5) is 13.5. The summed E-state index contributed by atoms with van der Waals surface area (Å²) in [6.07, 6.45) is 0. The highest BCUT2D eigenvalue weighted by Crippen LogP contribution is 2.26. The summed E-state index contributed by atoms with van der Waals surface area (Å²) in [5.74, 6) is -0.390. The van der Waals surface area contributed by atoms with Gasteiger partial charge in [-0.25, -0.2) is 4.39 Å². The van der Waals surface area contributed by atoms with Crippen LogP contribution in [0.5, 0.6) is 0 Å². The minimum atomic E-state index is -0.289. The van der Waals surface area contributed by atoms with Gasteiger partial charge < -0.3 is 10.6 Å². The smallest absolute Gasteiger partial charge is 0.234 e. The van der Waals surface area contributed by atoms with E-state index in [4.69, 9.17) is 0 Å². The van der Waals surface area contributed by atoms with Crippen molar-refractivity contribution < 1.29 is 9.18 Å². The first kappa shape index (κ1) is 18.3. The number of rotatable bonds is 7. The van der Waals surface area contributed by atoms with Crippen LogP contribution in [-0.4, -0.2) is 12.5 Å². The van der Waals surface area contributed by atoms with E-state index in [1.54, 1.807) is 23.5 Å². The van der Waals surface area contributed by atoms with E-state index < -0.39 is 0 Å². The Labute approximate surface area is 156 Å². The monoisotopic (exact) mass is 368 g/mol. The van der Waals surface area contributed by atoms with E-state index in [1.165, 1.54) is 12.1 Å². The van der Waals surface area contributed by atoms with E-state index in [0.717, 1.165) is 16.0 Å². The molecule has 3 nitrogen and oxygen atoms in total. The van der Waals surface area contributed by atoms with Crippen molar-refractivity contribution >= 4 is 17.2 Å². The third-order valence-corrected chi connectivity index (χ3v) is 5.14. The fraction of sp³-hybridized carbons (Fsp3) is 0.190. The molecule has 0 unspecified atom stereocenters. The van der Waals surface area contributed by atoms with Gasteiger partial charge in [-0.05, 0) is 41.6 Å². The lowest BCUT2D eigenvalue weighted by Crippen LogP contribution is -2.37. The molecule has 0 saturated carbocycles. The van der Waals surface area contributed by atoms with Crippen LogP contribution in [0, 0.1) is 5.82 Å². The van der Waals surface area contributed by atoms with Crippen LogP contribution < -0.4 is 10.6 Å². The van der Waals surface area contributed by atoms with Gasteiger partial charge in [-0.2, -0.15) is 0 Å². The molecule has 5 heteroatoms. The summed E-state index contributed by atoms with van der Waals surface area (Å²) in [6, 6.07) is 19.9. The topological polar surface area (TPSA) is 41.1 Å². The SMILES string of the molecule is C[C@@H](NCC(=O)N[C@@H](c1ccc(F)cc1)c1cccs1)c1ccccc1. The van der Waals surface area contributed by atoms with Gasteiger partial charge >= 0.3 is 0 Å². The van der Waals surface area contributed by atoms with Crippen molar-refractivity contribution in [2.24, 2.45) is 0 Å². The number of hydrogen-bond donors (Lipinski definition) is 2. The van der Waals surface area contributed by atoms with Gasteiger partial charge in [0, 0.05) is 10.9 Å². The maximum absolute atomic E-state index is 13.2. The van der Waals surface area contributed by atoms with Gasteiger partial charge in [0.1, 0.15) is 5.82 Å². The molecule has 134 valence electrons. The number of carbonyl (C=O) groups excluding carboxylic acids is 1. The molecule has 3 aromatic rings. The summed E-state index contributed by atoms with van der Waals surface area (Å²) in [6.45, 7) is 2.23. The van der Waals surface area contributed by atoms with Crippen molar-refractivity contribution in [1.82, 2.24) is 10.6 Å². The number of nitrogens with one attached hydrogen (secondary N) is 2. The molecule has 0 bridgehead atoms. The number of halogens is 1. The Hall–Kier alpha value is -2.50. The highest BCUT2D eigenvalue weighted by molar-refractivity contribution is 7.10. The van der Waals surface area contributed by atoms with Gasteiger partial charge in [-0.15, -0.1) is 11.3 Å². The number of hydrogen-bond acceptors (Lipinski definition) is 3. The summed E-state index contributed by atoms with van der Waals surface area (Å²) in [7, 11) is 0. The molecule has 0 aliphatic heterocycles. The maximum atomic E-state index is 13.2. The van der Waals surface area contributed by atoms with Gasteiger partial charge in [-0.3, -0.25) is 4.79 Å². The van der Waals surface area contributed by atoms with Crippen LogP contribution in [0.4, 0.5) is 4.39 Å². The number of carbonyl (C=O) groups is 1. The summed E-state index contributed by atoms with van der Waals surface area (Å²) >= 11 is 1.56. The second-order valence-electron chi connectivity index (χ2n) is 6.08. The molecule has 0 radical (unpaired) electrons. The molecule has 2 atom stereocenters. The Balaban J connectivity index is 1.65. The molecule has 0 aliphatic rings. The minimum Gasteiger partial charge on any atom is -0.343 e. The fourth-order valence-corrected chi connectivity index (χ4v) is 3.55. The van der Waals surface area contributed by atoms with Crippen LogP contribution in [0.25, 0.3) is 0 Å². The molecule has 2 aromatic carbocycles. The summed E-state index contributed by atoms with van der Waals surface area (Å²) in [5, 5.41) is 8.26. The molecule has 0 saturated heterocycles. The van der Waals surface area contributed by atoms with Crippen LogP contribution >= 0.6 is 11.3 Å². The van der Waals surface area contributed by atoms with E-state index in [9.17, 15) is 9.18 Å². The van der Waals surface area contributed by atoms with E-state index in [-0.39, 0.29) is 30.4 Å². The van der Waals surface area contributed by atoms with Crippen LogP contribution in [0.2, 0.25) is 0 Å². The molecule has 1 heterocycles. The zero-order chi connectivity index (χ0) is 18.4. The first-order valence-electron chi connectivity index (χ1n) is 8.50. The van der Waals surface area contributed by atoms with Gasteiger partial charge in [0.25, 0.3) is 0 Å². The summed E-state index contributed by atoms with van der Waals surface area (Å²) in [5.41, 5.74) is 1.99. The Morgan fingerprint density at radius 3 is 2.38 bits per heavy atom. The van der Waals surface area contributed by atoms with Crippen LogP contribution in [0.3, 0.4) is 0 Å². The Morgan fingerprint density at radius 1 is 1.00 bits per heavy atom. The highest BCUT2D eigenvalue weighted by Gasteiger charge is 2.18. The quantitative estimate of drug-likeness (QED) is 0.647. The van der Waals surface area contributed by atoms with Gasteiger partial charge in [0.15, 0.2) is 0 Å². The normalized spacial score (nSPS) is 13.2. The average Bonchev–Trinajstić information content (AvgIpc) is 3.20. The third kappa shape index (κ3) is 4.77. The van der Waals surface area contributed by atoms with Crippen molar-refractivity contribution in [2.45, 2.75) is 19.0 Å². The summed E-state index contributed by atoms with van der Waals surface area (Å²) < 4.78 is 13.2. The number of amides is 1. The average molecular weight is 368 g/mol. The first-order valence-corrected chi connectivity index (χ1v) is 9.38. The predicted molar refractivity (Wildman–Crippen MR) is 104 cm³/mol. The molecular formula is C21H21FN2OS. The molecule has 0 aliphatic carbocycles. The van der Waals surface area contributed by atoms with Crippen molar-refractivity contribution in [1.29, 1.82) is 0 Å². The van der Waals surface area contributed by atoms with Gasteiger partial charge in [0.2, 0.25) is 5.91 Å². The fourth-order valence-electron chi connectivity index (χ4n) is 2.75. The number of benzene rings is 2. The molecule has 2 N–H and O–H groups in total. The van der Waals surface area contributed by atoms with Gasteiger partial charge in [-0.1, -0.05) is 48.5 Å². The molecule has 26 heavy (non-hydrogen) atoms. The van der Waals surface area contributed by atoms with Crippen molar-refractivity contribution in [2.75, 3.05) is 6.54 Å². The first-order chi connectivity index (χ1) is 12.6. The standard InChI is InChI=1S/C21H21FN2OS/c1-15(16-6-3-2-4-7-16)23-14-20(25)24-21(19-8-5-13-26-19)17-9-11-18(22)12-10-17/h2-13,15,21,23H,14H2,1H3,(H,24,25)/t15-,21+/m1/s1. The van der Waals surface area contributed by atoms with Crippen molar-refractivity contribution in [3.05, 3.63) is 93.9 Å². The van der Waals surface area contributed by atoms with E-state index >= 15 is 0 Å². The Kier molecular flexibility index (Phi) is 6.15. The minimum absolute atomic E-state index is 0.0768. The second kappa shape index (κ2) is 8.74. The molecule has 1 aromatic heterocycles. The lowest BCUT2D eigenvalue weighted by Gasteiger charge is -2.20. The molecule has 0 spiro atoms. The van der Waals surface area contributed by atoms with Crippen LogP contribution in [0.1, 0.15) is 35.0 Å². The zero-order valence-corrected chi connectivity index (χ0v) is 15.3. The Morgan fingerprint density at radius 2 is 1.73 bits per heavy atom. The lowest BCUT2D eigenvalue weighted by molar-refractivity contribution is -0.120. The molecular weight excluding hydrogens is 347 g/mol. The Bertz CT molecular complexity index is 819. The zero-order valence-electron chi connectivity index (χ0n) is 14.5. The van der Waals surface area contributed by atoms with E-state index in [0.29, 0.717) is 0 Å². The van der Waals surface area contributed by atoms with E-state index in [1.807, 2.05) is 54.8 Å². The van der Waals surface area contributed by atoms with Crippen LogP contribution in [0.15, 0.2) is 72.1 Å². The largest absolute Gasteiger partial charge is 0.343 e. The number of thiophene rings is 1. The molecule has 3 rings (SSSR count).